The summed E-state index contributed by atoms with van der Waals surface area (Å²) in [6.45, 7) is 6.94. The minimum atomic E-state index is -0.975. The number of carboxylic acids is 1. The fourth-order valence-corrected chi connectivity index (χ4v) is 4.21. The van der Waals surface area contributed by atoms with Crippen molar-refractivity contribution in [2.45, 2.75) is 39.3 Å². The van der Waals surface area contributed by atoms with Gasteiger partial charge in [0, 0.05) is 19.7 Å². The number of nitrogens with zero attached hydrogens (tertiary/aromatic N) is 3. The first kappa shape index (κ1) is 20.6. The van der Waals surface area contributed by atoms with Crippen molar-refractivity contribution in [3.8, 4) is 0 Å². The molecule has 0 aromatic carbocycles. The number of aromatic carboxylic acids is 1. The maximum atomic E-state index is 12.5. The molecular formula is C17H22ClN5O4S. The average Bonchev–Trinajstić information content (AvgIpc) is 3.19. The molecule has 2 aromatic heterocycles. The highest BCUT2D eigenvalue weighted by Crippen LogP contribution is 2.29. The van der Waals surface area contributed by atoms with Gasteiger partial charge in [0.1, 0.15) is 4.88 Å². The number of carbonyl (C=O) groups is 2. The Morgan fingerprint density at radius 2 is 2.18 bits per heavy atom. The van der Waals surface area contributed by atoms with Crippen LogP contribution >= 0.6 is 22.9 Å². The molecule has 3 N–H and O–H groups in total. The van der Waals surface area contributed by atoms with Crippen molar-refractivity contribution in [2.75, 3.05) is 24.6 Å². The van der Waals surface area contributed by atoms with Crippen molar-refractivity contribution in [3.63, 3.8) is 0 Å². The van der Waals surface area contributed by atoms with E-state index in [-0.39, 0.29) is 33.9 Å². The Bertz CT molecular complexity index is 864. The van der Waals surface area contributed by atoms with Gasteiger partial charge in [-0.15, -0.1) is 0 Å². The van der Waals surface area contributed by atoms with Gasteiger partial charge in [-0.2, -0.15) is 0 Å². The van der Waals surface area contributed by atoms with Gasteiger partial charge in [-0.05, 0) is 27.2 Å². The molecule has 0 radical (unpaired) electrons. The van der Waals surface area contributed by atoms with Gasteiger partial charge in [0.25, 0.3) is 5.91 Å². The third-order valence-electron chi connectivity index (χ3n) is 4.55. The molecule has 0 saturated carbocycles. The van der Waals surface area contributed by atoms with Crippen molar-refractivity contribution in [2.24, 2.45) is 0 Å². The topological polar surface area (TPSA) is 120 Å². The maximum Gasteiger partial charge on any atom is 0.347 e. The van der Waals surface area contributed by atoms with Crippen LogP contribution in [0, 0.1) is 13.8 Å². The lowest BCUT2D eigenvalue weighted by atomic mass is 10.0. The fraction of sp³-hybridized carbons (Fsp3) is 0.529. The second-order valence-electron chi connectivity index (χ2n) is 6.53. The first-order valence-corrected chi connectivity index (χ1v) is 10.1. The van der Waals surface area contributed by atoms with Crippen LogP contribution in [0.2, 0.25) is 5.15 Å². The highest BCUT2D eigenvalue weighted by molar-refractivity contribution is 7.17. The minimum Gasteiger partial charge on any atom is -0.477 e. The summed E-state index contributed by atoms with van der Waals surface area (Å²) in [4.78, 5) is 37.3. The van der Waals surface area contributed by atoms with Gasteiger partial charge in [0.05, 0.1) is 23.5 Å². The highest BCUT2D eigenvalue weighted by atomic mass is 35.5. The number of halogens is 1. The van der Waals surface area contributed by atoms with E-state index >= 15 is 0 Å². The number of imidazole rings is 1. The SMILES string of the molecule is CCO[C@H]1CN(c2nc(C)c(C(=O)O)s2)CCC1NC(=O)c1nc(Cl)c(C)[nH]1. The van der Waals surface area contributed by atoms with Crippen LogP contribution in [0.25, 0.3) is 0 Å². The number of aromatic nitrogens is 3. The summed E-state index contributed by atoms with van der Waals surface area (Å²) < 4.78 is 5.84. The molecule has 3 rings (SSSR count). The Hall–Kier alpha value is -2.17. The van der Waals surface area contributed by atoms with Crippen LogP contribution in [-0.2, 0) is 4.74 Å². The summed E-state index contributed by atoms with van der Waals surface area (Å²) in [6, 6.07) is -0.201. The van der Waals surface area contributed by atoms with E-state index in [1.807, 2.05) is 11.8 Å². The van der Waals surface area contributed by atoms with Gasteiger partial charge in [0.15, 0.2) is 16.1 Å². The molecular weight excluding hydrogens is 406 g/mol. The van der Waals surface area contributed by atoms with Gasteiger partial charge in [0.2, 0.25) is 0 Å². The van der Waals surface area contributed by atoms with Gasteiger partial charge in [-0.25, -0.2) is 14.8 Å². The number of anilines is 1. The number of hydrogen-bond acceptors (Lipinski definition) is 7. The number of H-pyrrole nitrogens is 1. The van der Waals surface area contributed by atoms with E-state index in [1.165, 1.54) is 0 Å². The average molecular weight is 428 g/mol. The van der Waals surface area contributed by atoms with Crippen molar-refractivity contribution < 1.29 is 19.4 Å². The number of amides is 1. The van der Waals surface area contributed by atoms with Crippen LogP contribution in [0.3, 0.4) is 0 Å². The van der Waals surface area contributed by atoms with Gasteiger partial charge in [-0.3, -0.25) is 4.79 Å². The molecule has 0 spiro atoms. The van der Waals surface area contributed by atoms with E-state index in [1.54, 1.807) is 13.8 Å². The van der Waals surface area contributed by atoms with Gasteiger partial charge in [-0.1, -0.05) is 22.9 Å². The Morgan fingerprint density at radius 1 is 1.43 bits per heavy atom. The second kappa shape index (κ2) is 8.46. The summed E-state index contributed by atoms with van der Waals surface area (Å²) in [5.41, 5.74) is 1.14. The number of nitrogens with one attached hydrogen (secondary N) is 2. The summed E-state index contributed by atoms with van der Waals surface area (Å²) in [5, 5.41) is 13.1. The summed E-state index contributed by atoms with van der Waals surface area (Å²) in [6.07, 6.45) is 0.372. The number of rotatable bonds is 6. The zero-order valence-corrected chi connectivity index (χ0v) is 17.4. The lowest BCUT2D eigenvalue weighted by Gasteiger charge is -2.38. The molecule has 0 aliphatic carbocycles. The predicted molar refractivity (Wildman–Crippen MR) is 106 cm³/mol. The number of carboxylic acid groups (broad SMARTS) is 1. The number of piperidine rings is 1. The summed E-state index contributed by atoms with van der Waals surface area (Å²) in [5.74, 6) is -1.14. The second-order valence-corrected chi connectivity index (χ2v) is 7.86. The van der Waals surface area contributed by atoms with Crippen molar-refractivity contribution in [1.29, 1.82) is 0 Å². The largest absolute Gasteiger partial charge is 0.477 e. The first-order valence-electron chi connectivity index (χ1n) is 8.90. The third-order valence-corrected chi connectivity index (χ3v) is 6.12. The van der Waals surface area contributed by atoms with Gasteiger partial charge < -0.3 is 25.0 Å². The number of hydrogen-bond donors (Lipinski definition) is 3. The lowest BCUT2D eigenvalue weighted by Crippen LogP contribution is -2.55. The third kappa shape index (κ3) is 4.29. The van der Waals surface area contributed by atoms with Crippen LogP contribution < -0.4 is 10.2 Å². The highest BCUT2D eigenvalue weighted by Gasteiger charge is 2.33. The number of thiazole rings is 1. The molecule has 28 heavy (non-hydrogen) atoms. The van der Waals surface area contributed by atoms with Crippen molar-refractivity contribution in [1.82, 2.24) is 20.3 Å². The van der Waals surface area contributed by atoms with E-state index in [2.05, 4.69) is 20.3 Å². The zero-order valence-electron chi connectivity index (χ0n) is 15.8. The summed E-state index contributed by atoms with van der Waals surface area (Å²) in [7, 11) is 0. The molecule has 1 saturated heterocycles. The molecule has 1 aliphatic rings. The molecule has 1 fully saturated rings. The number of ether oxygens (including phenoxy) is 1. The van der Waals surface area contributed by atoms with Crippen LogP contribution in [0.15, 0.2) is 0 Å². The van der Waals surface area contributed by atoms with E-state index in [0.717, 1.165) is 11.3 Å². The van der Waals surface area contributed by atoms with Crippen molar-refractivity contribution in [3.05, 3.63) is 27.2 Å². The van der Waals surface area contributed by atoms with Crippen LogP contribution in [0.4, 0.5) is 5.13 Å². The molecule has 152 valence electrons. The van der Waals surface area contributed by atoms with Crippen molar-refractivity contribution >= 4 is 39.9 Å². The molecule has 0 bridgehead atoms. The van der Waals surface area contributed by atoms with E-state index in [0.29, 0.717) is 42.6 Å². The Labute approximate surface area is 171 Å². The zero-order chi connectivity index (χ0) is 20.4. The molecule has 1 unspecified atom stereocenters. The Balaban J connectivity index is 1.71. The fourth-order valence-electron chi connectivity index (χ4n) is 3.14. The van der Waals surface area contributed by atoms with Crippen LogP contribution in [-0.4, -0.2) is 63.8 Å². The number of aromatic amines is 1. The molecule has 2 aromatic rings. The minimum absolute atomic E-state index is 0.168. The standard InChI is InChI=1S/C17H22ClN5O4S/c1-4-27-11-7-23(17-20-8(2)12(28-17)16(25)26)6-5-10(11)21-15(24)14-19-9(3)13(18)22-14/h10-11H,4-7H2,1-3H3,(H,19,22)(H,21,24)(H,25,26)/t10?,11-/m0/s1. The van der Waals surface area contributed by atoms with Gasteiger partial charge >= 0.3 is 5.97 Å². The monoisotopic (exact) mass is 427 g/mol. The van der Waals surface area contributed by atoms with E-state index in [4.69, 9.17) is 16.3 Å². The summed E-state index contributed by atoms with van der Waals surface area (Å²) >= 11 is 7.07. The maximum absolute atomic E-state index is 12.5. The molecule has 1 amide bonds. The normalized spacial score (nSPS) is 19.6. The molecule has 11 heteroatoms. The molecule has 1 aliphatic heterocycles. The van der Waals surface area contributed by atoms with Crippen LogP contribution in [0.1, 0.15) is 45.0 Å². The first-order chi connectivity index (χ1) is 13.3. The molecule has 9 nitrogen and oxygen atoms in total. The smallest absolute Gasteiger partial charge is 0.347 e. The lowest BCUT2D eigenvalue weighted by molar-refractivity contribution is 0.0271. The van der Waals surface area contributed by atoms with Crippen LogP contribution in [0.5, 0.6) is 0 Å². The van der Waals surface area contributed by atoms with E-state index < -0.39 is 5.97 Å². The molecule has 3 heterocycles. The quantitative estimate of drug-likeness (QED) is 0.646. The number of aryl methyl sites for hydroxylation is 2. The number of carbonyl (C=O) groups excluding carboxylic acids is 1. The Morgan fingerprint density at radius 3 is 2.75 bits per heavy atom. The molecule has 2 atom stereocenters. The van der Waals surface area contributed by atoms with E-state index in [9.17, 15) is 14.7 Å². The predicted octanol–water partition coefficient (Wildman–Crippen LogP) is 2.25. The Kier molecular flexibility index (Phi) is 6.21.